The molecule has 1 aliphatic heterocycles. The second-order valence-electron chi connectivity index (χ2n) is 6.02. The van der Waals surface area contributed by atoms with Crippen LogP contribution in [0, 0.1) is 6.92 Å². The van der Waals surface area contributed by atoms with Crippen molar-refractivity contribution in [3.63, 3.8) is 0 Å². The van der Waals surface area contributed by atoms with Crippen molar-refractivity contribution >= 4 is 16.9 Å². The van der Waals surface area contributed by atoms with Gasteiger partial charge in [0.15, 0.2) is 0 Å². The van der Waals surface area contributed by atoms with Gasteiger partial charge in [0, 0.05) is 31.5 Å². The third-order valence-corrected chi connectivity index (χ3v) is 4.58. The van der Waals surface area contributed by atoms with Gasteiger partial charge in [0.1, 0.15) is 5.82 Å². The van der Waals surface area contributed by atoms with Gasteiger partial charge in [0.25, 0.3) is 5.56 Å². The molecule has 3 heterocycles. The van der Waals surface area contributed by atoms with Crippen LogP contribution >= 0.6 is 0 Å². The lowest BCUT2D eigenvalue weighted by molar-refractivity contribution is 0.535. The number of nitrogens with zero attached hydrogens (tertiary/aromatic N) is 4. The topological polar surface area (TPSA) is 66.8 Å². The normalized spacial score (nSPS) is 18.0. The zero-order chi connectivity index (χ0) is 15.8. The largest absolute Gasteiger partial charge is 0.338 e. The summed E-state index contributed by atoms with van der Waals surface area (Å²) in [6, 6.07) is 7.79. The molecule has 1 atom stereocenters. The highest BCUT2D eigenvalue weighted by atomic mass is 16.1. The summed E-state index contributed by atoms with van der Waals surface area (Å²) in [7, 11) is 0. The first-order chi connectivity index (χ1) is 11.2. The number of aryl methyl sites for hydroxylation is 1. The van der Waals surface area contributed by atoms with E-state index in [9.17, 15) is 4.79 Å². The minimum Gasteiger partial charge on any atom is -0.338 e. The first-order valence-corrected chi connectivity index (χ1v) is 7.96. The fourth-order valence-electron chi connectivity index (χ4n) is 3.34. The Bertz CT molecular complexity index is 897. The molecule has 3 aromatic rings. The lowest BCUT2D eigenvalue weighted by atomic mass is 10.2. The SMILES string of the molecule is Cc1nccn1C[C@H]1CCCN1c1nc2ccccc2c(=O)[nH]1. The van der Waals surface area contributed by atoms with Crippen molar-refractivity contribution in [2.75, 3.05) is 11.4 Å². The Hall–Kier alpha value is -2.63. The molecular weight excluding hydrogens is 290 g/mol. The number of rotatable bonds is 3. The van der Waals surface area contributed by atoms with Crippen LogP contribution in [0.5, 0.6) is 0 Å². The van der Waals surface area contributed by atoms with E-state index >= 15 is 0 Å². The van der Waals surface area contributed by atoms with Crippen LogP contribution in [0.1, 0.15) is 18.7 Å². The van der Waals surface area contributed by atoms with Gasteiger partial charge in [-0.1, -0.05) is 12.1 Å². The van der Waals surface area contributed by atoms with E-state index in [1.807, 2.05) is 37.5 Å². The van der Waals surface area contributed by atoms with Gasteiger partial charge in [-0.15, -0.1) is 0 Å². The molecule has 1 fully saturated rings. The summed E-state index contributed by atoms with van der Waals surface area (Å²) in [4.78, 5) is 26.4. The number of benzene rings is 1. The molecule has 0 aliphatic carbocycles. The van der Waals surface area contributed by atoms with Crippen LogP contribution in [-0.4, -0.2) is 32.1 Å². The van der Waals surface area contributed by atoms with Crippen LogP contribution in [0.15, 0.2) is 41.5 Å². The van der Waals surface area contributed by atoms with E-state index in [0.29, 0.717) is 17.4 Å². The molecule has 0 unspecified atom stereocenters. The number of hydrogen-bond acceptors (Lipinski definition) is 4. The smallest absolute Gasteiger partial charge is 0.260 e. The van der Waals surface area contributed by atoms with Gasteiger partial charge < -0.3 is 9.47 Å². The fourth-order valence-corrected chi connectivity index (χ4v) is 3.34. The van der Waals surface area contributed by atoms with E-state index in [1.165, 1.54) is 0 Å². The number of hydrogen-bond donors (Lipinski definition) is 1. The summed E-state index contributed by atoms with van der Waals surface area (Å²) in [5, 5.41) is 0.637. The van der Waals surface area contributed by atoms with Crippen LogP contribution in [0.4, 0.5) is 5.95 Å². The first kappa shape index (κ1) is 14.0. The zero-order valence-electron chi connectivity index (χ0n) is 13.1. The second kappa shape index (κ2) is 5.53. The van der Waals surface area contributed by atoms with Crippen LogP contribution in [0.2, 0.25) is 0 Å². The van der Waals surface area contributed by atoms with Crippen molar-refractivity contribution in [1.82, 2.24) is 19.5 Å². The molecule has 0 bridgehead atoms. The van der Waals surface area contributed by atoms with Crippen molar-refractivity contribution < 1.29 is 0 Å². The molecule has 118 valence electrons. The molecule has 1 N–H and O–H groups in total. The summed E-state index contributed by atoms with van der Waals surface area (Å²) in [6.07, 6.45) is 6.02. The summed E-state index contributed by atoms with van der Waals surface area (Å²) >= 11 is 0. The van der Waals surface area contributed by atoms with Crippen molar-refractivity contribution in [3.8, 4) is 0 Å². The molecule has 0 radical (unpaired) electrons. The van der Waals surface area contributed by atoms with Gasteiger partial charge in [0.2, 0.25) is 5.95 Å². The van der Waals surface area contributed by atoms with Gasteiger partial charge in [-0.2, -0.15) is 0 Å². The number of anilines is 1. The molecule has 23 heavy (non-hydrogen) atoms. The number of H-pyrrole nitrogens is 1. The van der Waals surface area contributed by atoms with Crippen LogP contribution in [0.25, 0.3) is 10.9 Å². The van der Waals surface area contributed by atoms with Crippen molar-refractivity contribution in [1.29, 1.82) is 0 Å². The molecule has 0 amide bonds. The summed E-state index contributed by atoms with van der Waals surface area (Å²) in [6.45, 7) is 3.79. The van der Waals surface area contributed by atoms with Crippen molar-refractivity contribution in [2.24, 2.45) is 0 Å². The Morgan fingerprint density at radius 3 is 3.04 bits per heavy atom. The Balaban J connectivity index is 1.69. The maximum Gasteiger partial charge on any atom is 0.260 e. The molecule has 2 aromatic heterocycles. The van der Waals surface area contributed by atoms with Gasteiger partial charge in [-0.3, -0.25) is 9.78 Å². The standard InChI is InChI=1S/C17H19N5O/c1-12-18-8-10-21(12)11-13-5-4-9-22(13)17-19-15-7-3-2-6-14(15)16(23)20-17/h2-3,6-8,10,13H,4-5,9,11H2,1H3,(H,19,20,23)/t13-/m1/s1. The Kier molecular flexibility index (Phi) is 3.37. The molecule has 1 saturated heterocycles. The Morgan fingerprint density at radius 2 is 2.22 bits per heavy atom. The van der Waals surface area contributed by atoms with E-state index in [4.69, 9.17) is 0 Å². The minimum atomic E-state index is -0.0740. The molecule has 1 aromatic carbocycles. The van der Waals surface area contributed by atoms with E-state index < -0.39 is 0 Å². The molecule has 0 spiro atoms. The second-order valence-corrected chi connectivity index (χ2v) is 6.02. The highest BCUT2D eigenvalue weighted by molar-refractivity contribution is 5.78. The average molecular weight is 309 g/mol. The van der Waals surface area contributed by atoms with Gasteiger partial charge >= 0.3 is 0 Å². The van der Waals surface area contributed by atoms with Crippen molar-refractivity contribution in [2.45, 2.75) is 32.4 Å². The van der Waals surface area contributed by atoms with E-state index in [2.05, 4.69) is 24.4 Å². The maximum atomic E-state index is 12.3. The maximum absolute atomic E-state index is 12.3. The van der Waals surface area contributed by atoms with Gasteiger partial charge in [0.05, 0.1) is 10.9 Å². The molecule has 6 heteroatoms. The zero-order valence-corrected chi connectivity index (χ0v) is 13.1. The number of aromatic amines is 1. The quantitative estimate of drug-likeness (QED) is 0.804. The molecule has 6 nitrogen and oxygen atoms in total. The number of fused-ring (bicyclic) bond motifs is 1. The van der Waals surface area contributed by atoms with Crippen molar-refractivity contribution in [3.05, 3.63) is 52.8 Å². The van der Waals surface area contributed by atoms with Crippen LogP contribution in [-0.2, 0) is 6.54 Å². The highest BCUT2D eigenvalue weighted by Crippen LogP contribution is 2.24. The molecule has 1 aliphatic rings. The number of aromatic nitrogens is 4. The Morgan fingerprint density at radius 1 is 1.35 bits per heavy atom. The highest BCUT2D eigenvalue weighted by Gasteiger charge is 2.27. The average Bonchev–Trinajstić information content (AvgIpc) is 3.17. The lowest BCUT2D eigenvalue weighted by Gasteiger charge is -2.26. The number of imidazole rings is 1. The molecular formula is C17H19N5O. The van der Waals surface area contributed by atoms with E-state index in [-0.39, 0.29) is 5.56 Å². The minimum absolute atomic E-state index is 0.0740. The Labute approximate surface area is 133 Å². The summed E-state index contributed by atoms with van der Waals surface area (Å²) < 4.78 is 2.15. The first-order valence-electron chi connectivity index (χ1n) is 7.96. The predicted molar refractivity (Wildman–Crippen MR) is 89.7 cm³/mol. The van der Waals surface area contributed by atoms with E-state index in [1.54, 1.807) is 6.07 Å². The third-order valence-electron chi connectivity index (χ3n) is 4.58. The summed E-state index contributed by atoms with van der Waals surface area (Å²) in [5.74, 6) is 1.69. The van der Waals surface area contributed by atoms with Crippen LogP contribution in [0.3, 0.4) is 0 Å². The molecule has 0 saturated carbocycles. The number of para-hydroxylation sites is 1. The van der Waals surface area contributed by atoms with E-state index in [0.717, 1.165) is 37.3 Å². The lowest BCUT2D eigenvalue weighted by Crippen LogP contribution is -2.35. The fraction of sp³-hybridized carbons (Fsp3) is 0.353. The van der Waals surface area contributed by atoms with Gasteiger partial charge in [-0.05, 0) is 31.9 Å². The number of nitrogens with one attached hydrogen (secondary N) is 1. The summed E-state index contributed by atoms with van der Waals surface area (Å²) in [5.41, 5.74) is 0.672. The van der Waals surface area contributed by atoms with Crippen LogP contribution < -0.4 is 10.5 Å². The van der Waals surface area contributed by atoms with Gasteiger partial charge in [-0.25, -0.2) is 9.97 Å². The monoisotopic (exact) mass is 309 g/mol. The third kappa shape index (κ3) is 2.50. The molecule has 4 rings (SSSR count). The predicted octanol–water partition coefficient (Wildman–Crippen LogP) is 2.10.